The molecule has 2 saturated carbocycles. The summed E-state index contributed by atoms with van der Waals surface area (Å²) >= 11 is 0. The summed E-state index contributed by atoms with van der Waals surface area (Å²) in [6.07, 6.45) is 0.953. The molecule has 38 heavy (non-hydrogen) atoms. The maximum absolute atomic E-state index is 13.1. The standard InChI is InChI=1S/C28H42N2O8/c1-27-8-7-24(38-26(34)29-18-13-19(35-3)15-20(14-18)36-4)28(2,17-31)23(27)6-5-22(32)21(27)16-25(33)30-9-11-37-12-10-30/h13-15,21-24,31-32H,5-12,16-17H2,1-4H3,(H,29,34)/t21-,22-,23-,24-,27+,28+/m1/s1. The van der Waals surface area contributed by atoms with E-state index in [9.17, 15) is 19.8 Å². The fourth-order valence-corrected chi connectivity index (χ4v) is 7.07. The molecule has 1 aliphatic heterocycles. The minimum atomic E-state index is -0.725. The summed E-state index contributed by atoms with van der Waals surface area (Å²) in [5.41, 5.74) is -0.634. The molecule has 4 rings (SSSR count). The topological polar surface area (TPSA) is 127 Å². The molecular weight excluding hydrogens is 492 g/mol. The third-order valence-electron chi connectivity index (χ3n) is 9.28. The second kappa shape index (κ2) is 11.7. The third-order valence-corrected chi connectivity index (χ3v) is 9.28. The predicted octanol–water partition coefficient (Wildman–Crippen LogP) is 3.06. The molecule has 6 atom stereocenters. The monoisotopic (exact) mass is 534 g/mol. The van der Waals surface area contributed by atoms with Crippen LogP contribution in [0.5, 0.6) is 11.5 Å². The fraction of sp³-hybridized carbons (Fsp3) is 0.714. The van der Waals surface area contributed by atoms with Gasteiger partial charge in [-0.2, -0.15) is 0 Å². The van der Waals surface area contributed by atoms with Gasteiger partial charge in [-0.3, -0.25) is 10.1 Å². The molecule has 1 heterocycles. The molecule has 1 aromatic rings. The van der Waals surface area contributed by atoms with Crippen LogP contribution in [-0.4, -0.2) is 86.5 Å². The van der Waals surface area contributed by atoms with Crippen molar-refractivity contribution in [3.8, 4) is 11.5 Å². The van der Waals surface area contributed by atoms with Crippen molar-refractivity contribution in [1.82, 2.24) is 4.90 Å². The van der Waals surface area contributed by atoms with Gasteiger partial charge in [-0.1, -0.05) is 13.8 Å². The number of benzene rings is 1. The van der Waals surface area contributed by atoms with E-state index in [0.717, 1.165) is 0 Å². The highest BCUT2D eigenvalue weighted by Crippen LogP contribution is 2.61. The van der Waals surface area contributed by atoms with Crippen molar-refractivity contribution >= 4 is 17.7 Å². The number of methoxy groups -OCH3 is 2. The summed E-state index contributed by atoms with van der Waals surface area (Å²) in [7, 11) is 3.07. The second-order valence-corrected chi connectivity index (χ2v) is 11.3. The van der Waals surface area contributed by atoms with E-state index in [1.807, 2.05) is 11.8 Å². The van der Waals surface area contributed by atoms with Crippen LogP contribution in [0.1, 0.15) is 46.0 Å². The Balaban J connectivity index is 1.49. The quantitative estimate of drug-likeness (QED) is 0.487. The summed E-state index contributed by atoms with van der Waals surface area (Å²) in [5.74, 6) is 0.839. The van der Waals surface area contributed by atoms with Crippen LogP contribution in [-0.2, 0) is 14.3 Å². The highest BCUT2D eigenvalue weighted by molar-refractivity contribution is 5.85. The Morgan fingerprint density at radius 1 is 1.08 bits per heavy atom. The normalized spacial score (nSPS) is 33.2. The lowest BCUT2D eigenvalue weighted by molar-refractivity contribution is -0.187. The van der Waals surface area contributed by atoms with Gasteiger partial charge in [0.05, 0.1) is 45.8 Å². The minimum Gasteiger partial charge on any atom is -0.497 e. The molecule has 3 N–H and O–H groups in total. The van der Waals surface area contributed by atoms with Gasteiger partial charge in [-0.25, -0.2) is 4.79 Å². The van der Waals surface area contributed by atoms with Crippen LogP contribution in [0.25, 0.3) is 0 Å². The van der Waals surface area contributed by atoms with Gasteiger partial charge >= 0.3 is 6.09 Å². The lowest BCUT2D eigenvalue weighted by Crippen LogP contribution is -2.61. The van der Waals surface area contributed by atoms with E-state index in [1.165, 1.54) is 14.2 Å². The summed E-state index contributed by atoms with van der Waals surface area (Å²) in [5, 5.41) is 24.5. The van der Waals surface area contributed by atoms with Crippen LogP contribution in [0.2, 0.25) is 0 Å². The summed E-state index contributed by atoms with van der Waals surface area (Å²) in [6.45, 7) is 6.12. The van der Waals surface area contributed by atoms with E-state index in [1.54, 1.807) is 18.2 Å². The number of carbonyl (C=O) groups is 2. The molecule has 0 spiro atoms. The van der Waals surface area contributed by atoms with Gasteiger partial charge in [0.15, 0.2) is 0 Å². The zero-order valence-electron chi connectivity index (χ0n) is 22.9. The van der Waals surface area contributed by atoms with Crippen molar-refractivity contribution in [1.29, 1.82) is 0 Å². The first kappa shape index (κ1) is 28.4. The van der Waals surface area contributed by atoms with E-state index in [2.05, 4.69) is 12.2 Å². The van der Waals surface area contributed by atoms with E-state index >= 15 is 0 Å². The smallest absolute Gasteiger partial charge is 0.411 e. The van der Waals surface area contributed by atoms with Crippen LogP contribution < -0.4 is 14.8 Å². The molecule has 0 radical (unpaired) electrons. The maximum atomic E-state index is 13.1. The van der Waals surface area contributed by atoms with Gasteiger partial charge in [0.2, 0.25) is 5.91 Å². The fourth-order valence-electron chi connectivity index (χ4n) is 7.07. The molecule has 1 aromatic carbocycles. The first-order valence-electron chi connectivity index (χ1n) is 13.5. The molecule has 2 aliphatic carbocycles. The lowest BCUT2D eigenvalue weighted by Gasteiger charge is -2.60. The van der Waals surface area contributed by atoms with E-state index in [0.29, 0.717) is 69.2 Å². The number of hydrogen-bond acceptors (Lipinski definition) is 8. The number of aliphatic hydroxyl groups is 2. The molecular formula is C28H42N2O8. The number of carbonyl (C=O) groups excluding carboxylic acids is 2. The zero-order chi connectivity index (χ0) is 27.5. The van der Waals surface area contributed by atoms with Gasteiger partial charge in [-0.15, -0.1) is 0 Å². The maximum Gasteiger partial charge on any atom is 0.411 e. The predicted molar refractivity (Wildman–Crippen MR) is 140 cm³/mol. The molecule has 2 amide bonds. The molecule has 0 bridgehead atoms. The van der Waals surface area contributed by atoms with Gasteiger partial charge < -0.3 is 34.1 Å². The number of amides is 2. The number of hydrogen-bond donors (Lipinski definition) is 3. The molecule has 0 aromatic heterocycles. The van der Waals surface area contributed by atoms with Gasteiger partial charge in [0.1, 0.15) is 17.6 Å². The molecule has 1 saturated heterocycles. The first-order valence-corrected chi connectivity index (χ1v) is 13.5. The average molecular weight is 535 g/mol. The van der Waals surface area contributed by atoms with E-state index in [4.69, 9.17) is 18.9 Å². The largest absolute Gasteiger partial charge is 0.497 e. The highest BCUT2D eigenvalue weighted by atomic mass is 16.6. The van der Waals surface area contributed by atoms with Crippen molar-refractivity contribution in [3.05, 3.63) is 18.2 Å². The number of ether oxygens (including phenoxy) is 4. The van der Waals surface area contributed by atoms with Crippen LogP contribution >= 0.6 is 0 Å². The van der Waals surface area contributed by atoms with Gasteiger partial charge in [0.25, 0.3) is 0 Å². The summed E-state index contributed by atoms with van der Waals surface area (Å²) in [4.78, 5) is 27.9. The Kier molecular flexibility index (Phi) is 8.74. The third kappa shape index (κ3) is 5.58. The lowest BCUT2D eigenvalue weighted by atomic mass is 9.46. The SMILES string of the molecule is COc1cc(NC(=O)O[C@@H]2CC[C@]3(C)[C@@H](CC[C@@H](O)[C@H]3CC(=O)N3CCOCC3)[C@]2(C)CO)cc(OC)c1. The Morgan fingerprint density at radius 2 is 1.74 bits per heavy atom. The molecule has 0 unspecified atom stereocenters. The van der Waals surface area contributed by atoms with Crippen molar-refractivity contribution in [2.75, 3.05) is 52.4 Å². The van der Waals surface area contributed by atoms with Crippen LogP contribution in [0.15, 0.2) is 18.2 Å². The summed E-state index contributed by atoms with van der Waals surface area (Å²) in [6, 6.07) is 5.05. The summed E-state index contributed by atoms with van der Waals surface area (Å²) < 4.78 is 21.9. The molecule has 10 nitrogen and oxygen atoms in total. The molecule has 212 valence electrons. The Hall–Kier alpha value is -2.56. The van der Waals surface area contributed by atoms with Crippen molar-refractivity contribution < 1.29 is 38.7 Å². The van der Waals surface area contributed by atoms with Crippen molar-refractivity contribution in [2.45, 2.75) is 58.2 Å². The van der Waals surface area contributed by atoms with E-state index < -0.39 is 23.7 Å². The molecule has 3 aliphatic rings. The number of anilines is 1. The Morgan fingerprint density at radius 3 is 2.34 bits per heavy atom. The highest BCUT2D eigenvalue weighted by Gasteiger charge is 2.60. The Bertz CT molecular complexity index is 977. The minimum absolute atomic E-state index is 0.0330. The number of rotatable bonds is 7. The average Bonchev–Trinajstić information content (AvgIpc) is 2.92. The van der Waals surface area contributed by atoms with Crippen LogP contribution in [0, 0.1) is 22.7 Å². The van der Waals surface area contributed by atoms with Gasteiger partial charge in [-0.05, 0) is 42.9 Å². The van der Waals surface area contributed by atoms with Crippen molar-refractivity contribution in [3.63, 3.8) is 0 Å². The molecule has 10 heteroatoms. The van der Waals surface area contributed by atoms with Gasteiger partial charge in [0, 0.05) is 43.1 Å². The van der Waals surface area contributed by atoms with Crippen LogP contribution in [0.4, 0.5) is 10.5 Å². The number of aliphatic hydroxyl groups excluding tert-OH is 2. The number of nitrogens with zero attached hydrogens (tertiary/aromatic N) is 1. The number of fused-ring (bicyclic) bond motifs is 1. The van der Waals surface area contributed by atoms with Crippen molar-refractivity contribution in [2.24, 2.45) is 22.7 Å². The zero-order valence-corrected chi connectivity index (χ0v) is 22.9. The first-order chi connectivity index (χ1) is 18.1. The Labute approximate surface area is 224 Å². The van der Waals surface area contributed by atoms with Crippen LogP contribution in [0.3, 0.4) is 0 Å². The second-order valence-electron chi connectivity index (χ2n) is 11.3. The number of morpholine rings is 1. The number of nitrogens with one attached hydrogen (secondary N) is 1. The molecule has 3 fully saturated rings. The van der Waals surface area contributed by atoms with E-state index in [-0.39, 0.29) is 36.2 Å².